The molecule has 7 heteroatoms. The second-order valence-corrected chi connectivity index (χ2v) is 7.65. The van der Waals surface area contributed by atoms with Crippen LogP contribution in [-0.2, 0) is 16.0 Å². The molecule has 1 N–H and O–H groups in total. The highest BCUT2D eigenvalue weighted by atomic mass is 35.5. The summed E-state index contributed by atoms with van der Waals surface area (Å²) in [4.78, 5) is 28.9. The third-order valence-electron chi connectivity index (χ3n) is 5.00. The molecule has 1 saturated heterocycles. The van der Waals surface area contributed by atoms with E-state index in [0.29, 0.717) is 49.1 Å². The topological polar surface area (TPSA) is 61.9 Å². The van der Waals surface area contributed by atoms with Crippen LogP contribution in [0.15, 0.2) is 42.5 Å². The van der Waals surface area contributed by atoms with E-state index >= 15 is 0 Å². The summed E-state index contributed by atoms with van der Waals surface area (Å²) in [6, 6.07) is 13.1. The molecule has 0 aromatic heterocycles. The number of benzene rings is 2. The van der Waals surface area contributed by atoms with Gasteiger partial charge in [0.2, 0.25) is 11.8 Å². The molecule has 2 amide bonds. The van der Waals surface area contributed by atoms with Gasteiger partial charge in [-0.25, -0.2) is 0 Å². The number of anilines is 1. The van der Waals surface area contributed by atoms with Crippen molar-refractivity contribution < 1.29 is 14.3 Å². The number of rotatable bonds is 6. The molecule has 2 aromatic rings. The maximum Gasteiger partial charge on any atom is 0.238 e. The van der Waals surface area contributed by atoms with Gasteiger partial charge >= 0.3 is 0 Å². The molecule has 6 nitrogen and oxygen atoms in total. The Morgan fingerprint density at radius 3 is 2.41 bits per heavy atom. The van der Waals surface area contributed by atoms with Crippen LogP contribution in [0.1, 0.15) is 11.1 Å². The molecule has 1 heterocycles. The minimum atomic E-state index is -0.134. The summed E-state index contributed by atoms with van der Waals surface area (Å²) < 4.78 is 5.26. The summed E-state index contributed by atoms with van der Waals surface area (Å²) in [6.45, 7) is 4.87. The maximum atomic E-state index is 12.5. The van der Waals surface area contributed by atoms with Gasteiger partial charge in [-0.05, 0) is 30.7 Å². The number of amides is 2. The highest BCUT2D eigenvalue weighted by Gasteiger charge is 2.22. The zero-order valence-electron chi connectivity index (χ0n) is 16.8. The van der Waals surface area contributed by atoms with Gasteiger partial charge < -0.3 is 15.0 Å². The lowest BCUT2D eigenvalue weighted by Crippen LogP contribution is -2.50. The number of piperazine rings is 1. The number of hydrogen-bond donors (Lipinski definition) is 1. The van der Waals surface area contributed by atoms with Gasteiger partial charge in [-0.3, -0.25) is 14.5 Å². The highest BCUT2D eigenvalue weighted by molar-refractivity contribution is 6.31. The van der Waals surface area contributed by atoms with Crippen molar-refractivity contribution in [2.45, 2.75) is 13.3 Å². The third-order valence-corrected chi connectivity index (χ3v) is 5.24. The van der Waals surface area contributed by atoms with Crippen molar-refractivity contribution in [1.82, 2.24) is 9.80 Å². The van der Waals surface area contributed by atoms with Crippen molar-refractivity contribution in [3.05, 3.63) is 58.6 Å². The average Bonchev–Trinajstić information content (AvgIpc) is 2.70. The summed E-state index contributed by atoms with van der Waals surface area (Å²) >= 11 is 6.01. The van der Waals surface area contributed by atoms with Gasteiger partial charge in [0.05, 0.1) is 25.8 Å². The van der Waals surface area contributed by atoms with Gasteiger partial charge in [0.15, 0.2) is 0 Å². The molecule has 154 valence electrons. The van der Waals surface area contributed by atoms with E-state index in [1.165, 1.54) is 5.56 Å². The molecule has 1 aliphatic rings. The summed E-state index contributed by atoms with van der Waals surface area (Å²) in [5.41, 5.74) is 2.76. The SMILES string of the molecule is COc1ccc(Cl)cc1NC(=O)CN1CCN(C(=O)Cc2ccc(C)cc2)CC1. The van der Waals surface area contributed by atoms with Crippen molar-refractivity contribution in [3.63, 3.8) is 0 Å². The molecular formula is C22H26ClN3O3. The predicted octanol–water partition coefficient (Wildman–Crippen LogP) is 2.98. The normalized spacial score (nSPS) is 14.5. The quantitative estimate of drug-likeness (QED) is 0.787. The van der Waals surface area contributed by atoms with Crippen LogP contribution in [0.25, 0.3) is 0 Å². The van der Waals surface area contributed by atoms with E-state index in [1.54, 1.807) is 25.3 Å². The summed E-state index contributed by atoms with van der Waals surface area (Å²) in [5, 5.41) is 3.38. The van der Waals surface area contributed by atoms with E-state index < -0.39 is 0 Å². The van der Waals surface area contributed by atoms with Crippen LogP contribution < -0.4 is 10.1 Å². The fourth-order valence-corrected chi connectivity index (χ4v) is 3.49. The molecule has 1 aliphatic heterocycles. The second kappa shape index (κ2) is 9.76. The number of carbonyl (C=O) groups is 2. The molecule has 3 rings (SSSR count). The molecule has 1 fully saturated rings. The maximum absolute atomic E-state index is 12.5. The number of aryl methyl sites for hydroxylation is 1. The van der Waals surface area contributed by atoms with E-state index in [-0.39, 0.29) is 18.4 Å². The van der Waals surface area contributed by atoms with E-state index in [0.717, 1.165) is 5.56 Å². The number of halogens is 1. The Hall–Kier alpha value is -2.57. The predicted molar refractivity (Wildman–Crippen MR) is 115 cm³/mol. The summed E-state index contributed by atoms with van der Waals surface area (Å²) in [6.07, 6.45) is 0.412. The Morgan fingerprint density at radius 2 is 1.76 bits per heavy atom. The molecule has 0 aliphatic carbocycles. The Labute approximate surface area is 176 Å². The number of carbonyl (C=O) groups excluding carboxylic acids is 2. The molecule has 0 radical (unpaired) electrons. The van der Waals surface area contributed by atoms with E-state index in [9.17, 15) is 9.59 Å². The van der Waals surface area contributed by atoms with Crippen molar-refractivity contribution in [2.24, 2.45) is 0 Å². The largest absolute Gasteiger partial charge is 0.495 e. The molecule has 0 bridgehead atoms. The highest BCUT2D eigenvalue weighted by Crippen LogP contribution is 2.27. The van der Waals surface area contributed by atoms with Gasteiger partial charge in [-0.15, -0.1) is 0 Å². The Kier molecular flexibility index (Phi) is 7.12. The first-order valence-electron chi connectivity index (χ1n) is 9.63. The molecule has 0 saturated carbocycles. The number of nitrogens with zero attached hydrogens (tertiary/aromatic N) is 2. The zero-order chi connectivity index (χ0) is 20.8. The number of hydrogen-bond acceptors (Lipinski definition) is 4. The van der Waals surface area contributed by atoms with E-state index in [2.05, 4.69) is 5.32 Å². The van der Waals surface area contributed by atoms with Gasteiger partial charge in [0, 0.05) is 31.2 Å². The monoisotopic (exact) mass is 415 g/mol. The fraction of sp³-hybridized carbons (Fsp3) is 0.364. The Bertz CT molecular complexity index is 862. The molecule has 2 aromatic carbocycles. The number of nitrogens with one attached hydrogen (secondary N) is 1. The second-order valence-electron chi connectivity index (χ2n) is 7.21. The standard InChI is InChI=1S/C22H26ClN3O3/c1-16-3-5-17(6-4-16)13-22(28)26-11-9-25(10-12-26)15-21(27)24-19-14-18(23)7-8-20(19)29-2/h3-8,14H,9-13,15H2,1-2H3,(H,24,27). The van der Waals surface area contributed by atoms with Gasteiger partial charge in [-0.2, -0.15) is 0 Å². The lowest BCUT2D eigenvalue weighted by molar-refractivity contribution is -0.132. The Balaban J connectivity index is 1.47. The van der Waals surface area contributed by atoms with Crippen molar-refractivity contribution in [3.8, 4) is 5.75 Å². The van der Waals surface area contributed by atoms with Crippen LogP contribution in [0.2, 0.25) is 5.02 Å². The lowest BCUT2D eigenvalue weighted by Gasteiger charge is -2.34. The first-order chi connectivity index (χ1) is 13.9. The number of methoxy groups -OCH3 is 1. The zero-order valence-corrected chi connectivity index (χ0v) is 17.5. The summed E-state index contributed by atoms with van der Waals surface area (Å²) in [7, 11) is 1.55. The average molecular weight is 416 g/mol. The first-order valence-corrected chi connectivity index (χ1v) is 10.0. The van der Waals surface area contributed by atoms with Gasteiger partial charge in [0.25, 0.3) is 0 Å². The van der Waals surface area contributed by atoms with E-state index in [1.807, 2.05) is 41.0 Å². The van der Waals surface area contributed by atoms with E-state index in [4.69, 9.17) is 16.3 Å². The van der Waals surface area contributed by atoms with Crippen LogP contribution in [0.3, 0.4) is 0 Å². The molecule has 0 atom stereocenters. The van der Waals surface area contributed by atoms with Crippen molar-refractivity contribution in [2.75, 3.05) is 45.2 Å². The van der Waals surface area contributed by atoms with Gasteiger partial charge in [-0.1, -0.05) is 41.4 Å². The molecule has 0 spiro atoms. The van der Waals surface area contributed by atoms with Crippen LogP contribution in [0.4, 0.5) is 5.69 Å². The van der Waals surface area contributed by atoms with Crippen molar-refractivity contribution in [1.29, 1.82) is 0 Å². The fourth-order valence-electron chi connectivity index (χ4n) is 3.32. The first kappa shape index (κ1) is 21.1. The molecule has 29 heavy (non-hydrogen) atoms. The smallest absolute Gasteiger partial charge is 0.238 e. The minimum absolute atomic E-state index is 0.126. The van der Waals surface area contributed by atoms with Crippen molar-refractivity contribution >= 4 is 29.1 Å². The minimum Gasteiger partial charge on any atom is -0.495 e. The van der Waals surface area contributed by atoms with Gasteiger partial charge in [0.1, 0.15) is 5.75 Å². The lowest BCUT2D eigenvalue weighted by atomic mass is 10.1. The van der Waals surface area contributed by atoms with Crippen LogP contribution in [0, 0.1) is 6.92 Å². The van der Waals surface area contributed by atoms with Crippen LogP contribution in [0.5, 0.6) is 5.75 Å². The Morgan fingerprint density at radius 1 is 1.07 bits per heavy atom. The summed E-state index contributed by atoms with van der Waals surface area (Å²) in [5.74, 6) is 0.556. The van der Waals surface area contributed by atoms with Crippen LogP contribution in [-0.4, -0.2) is 61.4 Å². The molecular weight excluding hydrogens is 390 g/mol. The third kappa shape index (κ3) is 5.95. The van der Waals surface area contributed by atoms with Crippen LogP contribution >= 0.6 is 11.6 Å². The number of ether oxygens (including phenoxy) is 1. The molecule has 0 unspecified atom stereocenters.